The number of carbonyl (C=O) groups is 3. The average Bonchev–Trinajstić information content (AvgIpc) is 2.84. The number of carbonyl (C=O) groups excluding carboxylic acids is 2. The van der Waals surface area contributed by atoms with Gasteiger partial charge in [0, 0.05) is 26.2 Å². The Kier molecular flexibility index (Phi) is 3.89. The maximum Gasteiger partial charge on any atom is 0.394 e. The molecule has 0 atom stereocenters. The fourth-order valence-corrected chi connectivity index (χ4v) is 2.14. The summed E-state index contributed by atoms with van der Waals surface area (Å²) in [5.74, 6) is -2.47. The van der Waals surface area contributed by atoms with Gasteiger partial charge in [0.05, 0.1) is 0 Å². The number of nitrogens with zero attached hydrogens (tertiary/aromatic N) is 2. The standard InChI is InChI=1S/C11H11BrN2O5/c12-8-2-1-7(19-8)9(15)13-3-5-14(6-4-13)10(16)11(17)18/h1-2H,3-6H2,(H,17,18). The van der Waals surface area contributed by atoms with E-state index in [0.29, 0.717) is 4.67 Å². The van der Waals surface area contributed by atoms with E-state index < -0.39 is 11.9 Å². The van der Waals surface area contributed by atoms with Gasteiger partial charge in [-0.15, -0.1) is 0 Å². The molecule has 0 spiro atoms. The third-order valence-electron chi connectivity index (χ3n) is 2.82. The molecule has 0 radical (unpaired) electrons. The van der Waals surface area contributed by atoms with Crippen molar-refractivity contribution in [2.45, 2.75) is 0 Å². The Morgan fingerprint density at radius 3 is 2.16 bits per heavy atom. The van der Waals surface area contributed by atoms with E-state index in [2.05, 4.69) is 15.9 Å². The van der Waals surface area contributed by atoms with Crippen molar-refractivity contribution in [3.05, 3.63) is 22.6 Å². The Morgan fingerprint density at radius 2 is 1.68 bits per heavy atom. The second kappa shape index (κ2) is 5.43. The van der Waals surface area contributed by atoms with Crippen LogP contribution in [0.5, 0.6) is 0 Å². The van der Waals surface area contributed by atoms with Crippen LogP contribution >= 0.6 is 15.9 Å². The number of aliphatic carboxylic acids is 1. The van der Waals surface area contributed by atoms with E-state index in [1.54, 1.807) is 12.1 Å². The number of halogens is 1. The summed E-state index contributed by atoms with van der Waals surface area (Å²) in [5, 5.41) is 8.60. The summed E-state index contributed by atoms with van der Waals surface area (Å²) in [6.45, 7) is 0.990. The lowest BCUT2D eigenvalue weighted by Gasteiger charge is -2.33. The van der Waals surface area contributed by atoms with Crippen LogP contribution < -0.4 is 0 Å². The lowest BCUT2D eigenvalue weighted by Crippen LogP contribution is -2.52. The van der Waals surface area contributed by atoms with Crippen molar-refractivity contribution in [2.24, 2.45) is 0 Å². The van der Waals surface area contributed by atoms with Crippen LogP contribution in [0.15, 0.2) is 21.2 Å². The van der Waals surface area contributed by atoms with E-state index in [1.807, 2.05) is 0 Å². The third kappa shape index (κ3) is 2.95. The molecule has 2 rings (SSSR count). The zero-order valence-electron chi connectivity index (χ0n) is 9.84. The first kappa shape index (κ1) is 13.6. The summed E-state index contributed by atoms with van der Waals surface area (Å²) in [7, 11) is 0. The van der Waals surface area contributed by atoms with Gasteiger partial charge in [-0.05, 0) is 28.1 Å². The maximum atomic E-state index is 12.0. The zero-order chi connectivity index (χ0) is 14.0. The first-order valence-corrected chi connectivity index (χ1v) is 6.35. The summed E-state index contributed by atoms with van der Waals surface area (Å²) in [5.41, 5.74) is 0. The molecule has 102 valence electrons. The van der Waals surface area contributed by atoms with Crippen molar-refractivity contribution < 1.29 is 23.9 Å². The zero-order valence-corrected chi connectivity index (χ0v) is 11.4. The lowest BCUT2D eigenvalue weighted by atomic mass is 10.3. The molecule has 7 nitrogen and oxygen atoms in total. The largest absolute Gasteiger partial charge is 0.474 e. The molecule has 2 amide bonds. The summed E-state index contributed by atoms with van der Waals surface area (Å²) < 4.78 is 5.63. The number of rotatable bonds is 1. The lowest BCUT2D eigenvalue weighted by molar-refractivity contribution is -0.156. The Morgan fingerprint density at radius 1 is 1.11 bits per heavy atom. The van der Waals surface area contributed by atoms with E-state index in [0.717, 1.165) is 0 Å². The quantitative estimate of drug-likeness (QED) is 0.753. The predicted molar refractivity (Wildman–Crippen MR) is 66.5 cm³/mol. The molecule has 1 N–H and O–H groups in total. The predicted octanol–water partition coefficient (Wildman–Crippen LogP) is 0.411. The van der Waals surface area contributed by atoms with Gasteiger partial charge in [-0.25, -0.2) is 4.79 Å². The van der Waals surface area contributed by atoms with E-state index >= 15 is 0 Å². The molecular weight excluding hydrogens is 320 g/mol. The molecular formula is C11H11BrN2O5. The molecule has 1 saturated heterocycles. The van der Waals surface area contributed by atoms with Crippen molar-refractivity contribution in [1.82, 2.24) is 9.80 Å². The minimum absolute atomic E-state index is 0.207. The number of hydrogen-bond acceptors (Lipinski definition) is 4. The van der Waals surface area contributed by atoms with Crippen LogP contribution in [0.1, 0.15) is 10.6 Å². The fourth-order valence-electron chi connectivity index (χ4n) is 1.83. The van der Waals surface area contributed by atoms with E-state index in [4.69, 9.17) is 9.52 Å². The molecule has 1 aromatic heterocycles. The molecule has 0 bridgehead atoms. The number of piperazine rings is 1. The first-order valence-electron chi connectivity index (χ1n) is 5.56. The molecule has 1 aliphatic heterocycles. The SMILES string of the molecule is O=C(O)C(=O)N1CCN(C(=O)c2ccc(Br)o2)CC1. The van der Waals surface area contributed by atoms with Crippen molar-refractivity contribution in [1.29, 1.82) is 0 Å². The highest BCUT2D eigenvalue weighted by Crippen LogP contribution is 2.16. The molecule has 8 heteroatoms. The van der Waals surface area contributed by atoms with E-state index in [1.165, 1.54) is 9.80 Å². The monoisotopic (exact) mass is 330 g/mol. The number of carboxylic acids is 1. The topological polar surface area (TPSA) is 91.1 Å². The van der Waals surface area contributed by atoms with Crippen LogP contribution in [0.3, 0.4) is 0 Å². The van der Waals surface area contributed by atoms with Gasteiger partial charge in [-0.1, -0.05) is 0 Å². The number of amides is 2. The van der Waals surface area contributed by atoms with Gasteiger partial charge in [0.15, 0.2) is 10.4 Å². The minimum atomic E-state index is -1.48. The van der Waals surface area contributed by atoms with Crippen LogP contribution in [0.25, 0.3) is 0 Å². The Labute approximate surface area is 116 Å². The average molecular weight is 331 g/mol. The van der Waals surface area contributed by atoms with Gasteiger partial charge in [-0.2, -0.15) is 0 Å². The number of carboxylic acid groups (broad SMARTS) is 1. The maximum absolute atomic E-state index is 12.0. The second-order valence-electron chi connectivity index (χ2n) is 3.99. The smallest absolute Gasteiger partial charge is 0.394 e. The molecule has 1 aliphatic rings. The van der Waals surface area contributed by atoms with Crippen molar-refractivity contribution in [3.63, 3.8) is 0 Å². The Hall–Kier alpha value is -1.83. The summed E-state index contributed by atoms with van der Waals surface area (Å²) in [6, 6.07) is 3.18. The van der Waals surface area contributed by atoms with Crippen LogP contribution in [-0.2, 0) is 9.59 Å². The molecule has 0 aliphatic carbocycles. The van der Waals surface area contributed by atoms with Gasteiger partial charge in [0.2, 0.25) is 0 Å². The minimum Gasteiger partial charge on any atom is -0.474 e. The van der Waals surface area contributed by atoms with Crippen LogP contribution in [0.2, 0.25) is 0 Å². The molecule has 1 aromatic rings. The molecule has 0 unspecified atom stereocenters. The summed E-state index contributed by atoms with van der Waals surface area (Å²) >= 11 is 3.11. The second-order valence-corrected chi connectivity index (χ2v) is 4.77. The third-order valence-corrected chi connectivity index (χ3v) is 3.25. The highest BCUT2D eigenvalue weighted by atomic mass is 79.9. The van der Waals surface area contributed by atoms with Crippen molar-refractivity contribution in [3.8, 4) is 0 Å². The van der Waals surface area contributed by atoms with E-state index in [9.17, 15) is 14.4 Å². The van der Waals surface area contributed by atoms with Crippen molar-refractivity contribution >= 4 is 33.7 Å². The van der Waals surface area contributed by atoms with Crippen LogP contribution in [0, 0.1) is 0 Å². The van der Waals surface area contributed by atoms with Gasteiger partial charge in [0.1, 0.15) is 0 Å². The summed E-state index contributed by atoms with van der Waals surface area (Å²) in [4.78, 5) is 36.5. The van der Waals surface area contributed by atoms with Gasteiger partial charge in [0.25, 0.3) is 5.91 Å². The molecule has 0 aromatic carbocycles. The number of furan rings is 1. The van der Waals surface area contributed by atoms with Crippen LogP contribution in [-0.4, -0.2) is 58.9 Å². The van der Waals surface area contributed by atoms with Gasteiger partial charge < -0.3 is 19.3 Å². The Balaban J connectivity index is 1.95. The van der Waals surface area contributed by atoms with Crippen molar-refractivity contribution in [2.75, 3.05) is 26.2 Å². The molecule has 19 heavy (non-hydrogen) atoms. The van der Waals surface area contributed by atoms with E-state index in [-0.39, 0.29) is 37.8 Å². The number of hydrogen-bond donors (Lipinski definition) is 1. The highest BCUT2D eigenvalue weighted by Gasteiger charge is 2.28. The fraction of sp³-hybridized carbons (Fsp3) is 0.364. The van der Waals surface area contributed by atoms with Gasteiger partial charge >= 0.3 is 11.9 Å². The first-order chi connectivity index (χ1) is 8.99. The molecule has 0 saturated carbocycles. The highest BCUT2D eigenvalue weighted by molar-refractivity contribution is 9.10. The Bertz CT molecular complexity index is 519. The molecule has 2 heterocycles. The summed E-state index contributed by atoms with van der Waals surface area (Å²) in [6.07, 6.45) is 0. The van der Waals surface area contributed by atoms with Crippen LogP contribution in [0.4, 0.5) is 0 Å². The normalized spacial score (nSPS) is 15.4. The molecule has 1 fully saturated rings. The van der Waals surface area contributed by atoms with Gasteiger partial charge in [-0.3, -0.25) is 9.59 Å².